The van der Waals surface area contributed by atoms with Gasteiger partial charge in [0.15, 0.2) is 0 Å². The van der Waals surface area contributed by atoms with Crippen molar-refractivity contribution in [1.29, 1.82) is 0 Å². The molecule has 6 nitrogen and oxygen atoms in total. The van der Waals surface area contributed by atoms with Gasteiger partial charge in [0.1, 0.15) is 0 Å². The van der Waals surface area contributed by atoms with Crippen molar-refractivity contribution < 1.29 is 14.6 Å². The summed E-state index contributed by atoms with van der Waals surface area (Å²) >= 11 is 0. The van der Waals surface area contributed by atoms with Crippen LogP contribution in [0.5, 0.6) is 0 Å². The summed E-state index contributed by atoms with van der Waals surface area (Å²) in [5, 5.41) is 12.8. The number of carbonyl (C=O) groups is 1. The quantitative estimate of drug-likeness (QED) is 0.264. The van der Waals surface area contributed by atoms with Crippen LogP contribution >= 0.6 is 0 Å². The van der Waals surface area contributed by atoms with E-state index in [0.29, 0.717) is 18.8 Å². The Kier molecular flexibility index (Phi) is 12.7. The number of nitrogens with zero attached hydrogens (tertiary/aromatic N) is 2. The highest BCUT2D eigenvalue weighted by Gasteiger charge is 2.43. The molecule has 1 unspecified atom stereocenters. The van der Waals surface area contributed by atoms with Gasteiger partial charge < -0.3 is 25.0 Å². The van der Waals surface area contributed by atoms with Crippen molar-refractivity contribution in [2.75, 3.05) is 45.8 Å². The molecule has 0 aromatic heterocycles. The minimum Gasteiger partial charge on any atom is -0.513 e. The topological polar surface area (TPSA) is 65.0 Å². The number of benzene rings is 1. The van der Waals surface area contributed by atoms with Crippen molar-refractivity contribution in [2.45, 2.75) is 78.4 Å². The first kappa shape index (κ1) is 30.1. The highest BCUT2D eigenvalue weighted by atomic mass is 16.5. The predicted molar refractivity (Wildman–Crippen MR) is 150 cm³/mol. The number of hydrogen-bond donors (Lipinski definition) is 2. The van der Waals surface area contributed by atoms with Crippen LogP contribution in [0.15, 0.2) is 53.8 Å². The molecule has 0 aliphatic carbocycles. The number of hydrogen-bond acceptors (Lipinski definition) is 5. The molecule has 2 heterocycles. The van der Waals surface area contributed by atoms with Crippen molar-refractivity contribution in [3.8, 4) is 0 Å². The number of rotatable bonds is 9. The van der Waals surface area contributed by atoms with E-state index in [0.717, 1.165) is 69.5 Å². The molecule has 0 saturated carbocycles. The molecular weight excluding hydrogens is 450 g/mol. The summed E-state index contributed by atoms with van der Waals surface area (Å²) in [5.74, 6) is 0.537. The summed E-state index contributed by atoms with van der Waals surface area (Å²) < 4.78 is 6.37. The highest BCUT2D eigenvalue weighted by Crippen LogP contribution is 2.33. The summed E-state index contributed by atoms with van der Waals surface area (Å²) in [7, 11) is 0. The molecule has 1 spiro atoms. The van der Waals surface area contributed by atoms with Gasteiger partial charge in [-0.05, 0) is 90.6 Å². The second-order valence-corrected chi connectivity index (χ2v) is 10.5. The SMILES string of the molecule is C/C(O)=C(\C)CCN1CCC2(CC1)CN(C(=O)c1ccccc1)CC(C)O2.C=C(C)CCCNCC. The summed E-state index contributed by atoms with van der Waals surface area (Å²) in [6.07, 6.45) is 5.22. The Balaban J connectivity index is 0.000000434. The average molecular weight is 500 g/mol. The van der Waals surface area contributed by atoms with Crippen LogP contribution in [0.1, 0.15) is 77.1 Å². The van der Waals surface area contributed by atoms with E-state index < -0.39 is 0 Å². The van der Waals surface area contributed by atoms with Crippen LogP contribution in [0.4, 0.5) is 0 Å². The van der Waals surface area contributed by atoms with Gasteiger partial charge in [0, 0.05) is 31.7 Å². The van der Waals surface area contributed by atoms with Gasteiger partial charge in [0.25, 0.3) is 5.91 Å². The lowest BCUT2D eigenvalue weighted by Gasteiger charge is -2.49. The number of ether oxygens (including phenoxy) is 1. The van der Waals surface area contributed by atoms with E-state index in [1.165, 1.54) is 12.0 Å². The number of aliphatic hydroxyl groups is 1. The lowest BCUT2D eigenvalue weighted by atomic mass is 9.88. The lowest BCUT2D eigenvalue weighted by Crippen LogP contribution is -2.60. The number of likely N-dealkylation sites (tertiary alicyclic amines) is 1. The second-order valence-electron chi connectivity index (χ2n) is 10.5. The number of aliphatic hydroxyl groups excluding tert-OH is 1. The molecule has 1 atom stereocenters. The van der Waals surface area contributed by atoms with Crippen LogP contribution < -0.4 is 5.32 Å². The second kappa shape index (κ2) is 15.2. The van der Waals surface area contributed by atoms with E-state index in [1.54, 1.807) is 6.92 Å². The smallest absolute Gasteiger partial charge is 0.254 e. The van der Waals surface area contributed by atoms with Gasteiger partial charge in [-0.1, -0.05) is 30.7 Å². The normalized spacial score (nSPS) is 20.4. The standard InChI is InChI=1S/C22H32N2O3.C8H17N/c1-17(19(3)25)9-12-23-13-10-22(11-14-23)16-24(15-18(2)27-22)21(26)20-7-5-4-6-8-20;1-4-9-7-5-6-8(2)3/h4-8,18,25H,9-16H2,1-3H3;9H,2,4-7H2,1,3H3/b19-17-;. The van der Waals surface area contributed by atoms with Gasteiger partial charge in [-0.3, -0.25) is 4.79 Å². The van der Waals surface area contributed by atoms with E-state index in [-0.39, 0.29) is 17.6 Å². The largest absolute Gasteiger partial charge is 0.513 e. The summed E-state index contributed by atoms with van der Waals surface area (Å²) in [6, 6.07) is 9.53. The van der Waals surface area contributed by atoms with Crippen LogP contribution in [-0.4, -0.2) is 78.3 Å². The third kappa shape index (κ3) is 10.1. The zero-order valence-electron chi connectivity index (χ0n) is 23.3. The van der Waals surface area contributed by atoms with Gasteiger partial charge in [-0.25, -0.2) is 0 Å². The molecule has 1 aromatic rings. The lowest BCUT2D eigenvalue weighted by molar-refractivity contribution is -0.161. The van der Waals surface area contributed by atoms with Crippen molar-refractivity contribution in [2.24, 2.45) is 0 Å². The van der Waals surface area contributed by atoms with Gasteiger partial charge in [-0.15, -0.1) is 6.58 Å². The third-order valence-electron chi connectivity index (χ3n) is 7.11. The van der Waals surface area contributed by atoms with Crippen molar-refractivity contribution in [3.05, 3.63) is 59.4 Å². The maximum absolute atomic E-state index is 12.9. The minimum atomic E-state index is -0.226. The predicted octanol–water partition coefficient (Wildman–Crippen LogP) is 5.58. The molecule has 2 saturated heterocycles. The molecule has 2 aliphatic heterocycles. The van der Waals surface area contributed by atoms with Crippen LogP contribution in [0.2, 0.25) is 0 Å². The van der Waals surface area contributed by atoms with E-state index in [9.17, 15) is 9.90 Å². The van der Waals surface area contributed by atoms with E-state index in [4.69, 9.17) is 4.74 Å². The maximum Gasteiger partial charge on any atom is 0.254 e. The third-order valence-corrected chi connectivity index (χ3v) is 7.11. The minimum absolute atomic E-state index is 0.0557. The fourth-order valence-corrected chi connectivity index (χ4v) is 4.80. The first-order valence-electron chi connectivity index (χ1n) is 13.6. The van der Waals surface area contributed by atoms with E-state index >= 15 is 0 Å². The molecular formula is C30H49N3O3. The molecule has 3 rings (SSSR count). The first-order chi connectivity index (χ1) is 17.2. The molecule has 0 bridgehead atoms. The molecule has 6 heteroatoms. The number of carbonyl (C=O) groups excluding carboxylic acids is 1. The van der Waals surface area contributed by atoms with Crippen LogP contribution in [0.25, 0.3) is 0 Å². The highest BCUT2D eigenvalue weighted by molar-refractivity contribution is 5.94. The fourth-order valence-electron chi connectivity index (χ4n) is 4.80. The Morgan fingerprint density at radius 1 is 1.17 bits per heavy atom. The molecule has 202 valence electrons. The molecule has 2 fully saturated rings. The fraction of sp³-hybridized carbons (Fsp3) is 0.633. The first-order valence-corrected chi connectivity index (χ1v) is 13.6. The van der Waals surface area contributed by atoms with Gasteiger partial charge >= 0.3 is 0 Å². The van der Waals surface area contributed by atoms with Gasteiger partial charge in [0.2, 0.25) is 0 Å². The molecule has 2 aliphatic rings. The Labute approximate surface area is 219 Å². The zero-order chi connectivity index (χ0) is 26.6. The van der Waals surface area contributed by atoms with Crippen molar-refractivity contribution in [3.63, 3.8) is 0 Å². The zero-order valence-corrected chi connectivity index (χ0v) is 23.3. The Hall–Kier alpha value is -2.15. The average Bonchev–Trinajstić information content (AvgIpc) is 2.86. The van der Waals surface area contributed by atoms with Gasteiger partial charge in [-0.2, -0.15) is 0 Å². The Morgan fingerprint density at radius 3 is 2.42 bits per heavy atom. The molecule has 0 radical (unpaired) electrons. The monoisotopic (exact) mass is 499 g/mol. The summed E-state index contributed by atoms with van der Waals surface area (Å²) in [4.78, 5) is 17.3. The van der Waals surface area contributed by atoms with Gasteiger partial charge in [0.05, 0.1) is 24.0 Å². The van der Waals surface area contributed by atoms with Crippen LogP contribution in [0.3, 0.4) is 0 Å². The Morgan fingerprint density at radius 2 is 1.83 bits per heavy atom. The number of nitrogens with one attached hydrogen (secondary N) is 1. The molecule has 2 N–H and O–H groups in total. The number of morpholine rings is 1. The Bertz CT molecular complexity index is 840. The molecule has 1 aromatic carbocycles. The molecule has 36 heavy (non-hydrogen) atoms. The van der Waals surface area contributed by atoms with Crippen LogP contribution in [0, 0.1) is 0 Å². The summed E-state index contributed by atoms with van der Waals surface area (Å²) in [5.41, 5.74) is 2.86. The van der Waals surface area contributed by atoms with E-state index in [1.807, 2.05) is 42.2 Å². The number of piperidine rings is 1. The maximum atomic E-state index is 12.9. The van der Waals surface area contributed by atoms with E-state index in [2.05, 4.69) is 37.6 Å². The molecule has 1 amide bonds. The number of amides is 1. The van der Waals surface area contributed by atoms with Crippen molar-refractivity contribution >= 4 is 5.91 Å². The number of allylic oxidation sites excluding steroid dienone is 2. The van der Waals surface area contributed by atoms with Crippen LogP contribution in [-0.2, 0) is 4.74 Å². The summed E-state index contributed by atoms with van der Waals surface area (Å²) in [6.45, 7) is 20.3. The van der Waals surface area contributed by atoms with Crippen molar-refractivity contribution in [1.82, 2.24) is 15.1 Å².